The Bertz CT molecular complexity index is 1250. The summed E-state index contributed by atoms with van der Waals surface area (Å²) in [5.74, 6) is 0.314. The van der Waals surface area contributed by atoms with Crippen molar-refractivity contribution in [1.82, 2.24) is 5.43 Å². The standard InChI is InChI=1S/C25H20N2O4S/c1-17(30-22-9-4-7-19-6-2-3-8-21(19)22)24(28)27-26-16-18-11-13-20(14-12-18)31-25(29)23-10-5-15-32-23/h2-17H,1H3,(H,27,28)/b26-16-/t17-/m1/s1. The highest BCUT2D eigenvalue weighted by Gasteiger charge is 2.15. The Hall–Kier alpha value is -3.97. The number of hydrogen-bond acceptors (Lipinski definition) is 6. The number of amides is 1. The molecule has 0 aliphatic carbocycles. The maximum absolute atomic E-state index is 12.4. The molecule has 0 saturated carbocycles. The number of fused-ring (bicyclic) bond motifs is 1. The lowest BCUT2D eigenvalue weighted by atomic mass is 10.1. The predicted octanol–water partition coefficient (Wildman–Crippen LogP) is 5.04. The van der Waals surface area contributed by atoms with Crippen LogP contribution in [0.2, 0.25) is 0 Å². The zero-order valence-electron chi connectivity index (χ0n) is 17.2. The van der Waals surface area contributed by atoms with Crippen LogP contribution in [0.25, 0.3) is 10.8 Å². The Morgan fingerprint density at radius 3 is 2.53 bits per heavy atom. The predicted molar refractivity (Wildman–Crippen MR) is 125 cm³/mol. The highest BCUT2D eigenvalue weighted by molar-refractivity contribution is 7.12. The summed E-state index contributed by atoms with van der Waals surface area (Å²) in [6.07, 6.45) is 0.782. The molecule has 3 aromatic carbocycles. The monoisotopic (exact) mass is 444 g/mol. The SMILES string of the molecule is C[C@@H](Oc1cccc2ccccc12)C(=O)N/N=C\c1ccc(OC(=O)c2cccs2)cc1. The second kappa shape index (κ2) is 9.89. The molecule has 0 bridgehead atoms. The van der Waals surface area contributed by atoms with E-state index < -0.39 is 12.1 Å². The number of benzene rings is 3. The van der Waals surface area contributed by atoms with E-state index >= 15 is 0 Å². The minimum atomic E-state index is -0.725. The summed E-state index contributed by atoms with van der Waals surface area (Å²) in [4.78, 5) is 24.9. The van der Waals surface area contributed by atoms with Gasteiger partial charge < -0.3 is 9.47 Å². The molecule has 1 amide bonds. The van der Waals surface area contributed by atoms with Gasteiger partial charge in [-0.25, -0.2) is 10.2 Å². The molecule has 1 atom stereocenters. The van der Waals surface area contributed by atoms with E-state index in [-0.39, 0.29) is 5.91 Å². The number of hydrazone groups is 1. The van der Waals surface area contributed by atoms with Crippen molar-refractivity contribution < 1.29 is 19.1 Å². The number of nitrogens with zero attached hydrogens (tertiary/aromatic N) is 1. The lowest BCUT2D eigenvalue weighted by Crippen LogP contribution is -2.33. The molecular formula is C25H20N2O4S. The van der Waals surface area contributed by atoms with E-state index in [0.717, 1.165) is 16.3 Å². The summed E-state index contributed by atoms with van der Waals surface area (Å²) in [5.41, 5.74) is 3.23. The number of carbonyl (C=O) groups excluding carboxylic acids is 2. The third-order valence-corrected chi connectivity index (χ3v) is 5.47. The van der Waals surface area contributed by atoms with Gasteiger partial charge in [-0.1, -0.05) is 42.5 Å². The summed E-state index contributed by atoms with van der Waals surface area (Å²) in [6, 6.07) is 23.9. The minimum absolute atomic E-state index is 0.365. The fourth-order valence-electron chi connectivity index (χ4n) is 2.98. The third-order valence-electron chi connectivity index (χ3n) is 4.62. The smallest absolute Gasteiger partial charge is 0.353 e. The van der Waals surface area contributed by atoms with Crippen molar-refractivity contribution in [2.24, 2.45) is 5.10 Å². The molecule has 1 aromatic heterocycles. The Balaban J connectivity index is 1.31. The van der Waals surface area contributed by atoms with Gasteiger partial charge in [0.05, 0.1) is 6.21 Å². The Morgan fingerprint density at radius 2 is 1.75 bits per heavy atom. The number of esters is 1. The van der Waals surface area contributed by atoms with E-state index in [1.54, 1.807) is 43.3 Å². The molecule has 0 aliphatic rings. The fourth-order valence-corrected chi connectivity index (χ4v) is 3.58. The van der Waals surface area contributed by atoms with E-state index in [4.69, 9.17) is 9.47 Å². The van der Waals surface area contributed by atoms with Crippen molar-refractivity contribution in [1.29, 1.82) is 0 Å². The van der Waals surface area contributed by atoms with Crippen LogP contribution >= 0.6 is 11.3 Å². The zero-order valence-corrected chi connectivity index (χ0v) is 18.0. The zero-order chi connectivity index (χ0) is 22.3. The van der Waals surface area contributed by atoms with E-state index in [2.05, 4.69) is 10.5 Å². The van der Waals surface area contributed by atoms with Crippen LogP contribution in [-0.2, 0) is 4.79 Å². The largest absolute Gasteiger partial charge is 0.480 e. The summed E-state index contributed by atoms with van der Waals surface area (Å²) >= 11 is 1.32. The van der Waals surface area contributed by atoms with Crippen molar-refractivity contribution in [3.63, 3.8) is 0 Å². The van der Waals surface area contributed by atoms with E-state index in [0.29, 0.717) is 16.4 Å². The Labute approximate surface area is 189 Å². The molecule has 0 fully saturated rings. The van der Waals surface area contributed by atoms with Gasteiger partial charge in [-0.2, -0.15) is 5.10 Å². The van der Waals surface area contributed by atoms with Gasteiger partial charge in [0.15, 0.2) is 6.10 Å². The van der Waals surface area contributed by atoms with Gasteiger partial charge in [-0.3, -0.25) is 4.79 Å². The molecule has 6 nitrogen and oxygen atoms in total. The highest BCUT2D eigenvalue weighted by atomic mass is 32.1. The second-order valence-corrected chi connectivity index (χ2v) is 7.86. The number of hydrogen-bond donors (Lipinski definition) is 1. The summed E-state index contributed by atoms with van der Waals surface area (Å²) in [5, 5.41) is 7.79. The van der Waals surface area contributed by atoms with Crippen LogP contribution in [0.4, 0.5) is 0 Å². The second-order valence-electron chi connectivity index (χ2n) is 6.91. The Morgan fingerprint density at radius 1 is 0.969 bits per heavy atom. The molecule has 1 N–H and O–H groups in total. The van der Waals surface area contributed by atoms with Gasteiger partial charge in [0.1, 0.15) is 16.4 Å². The van der Waals surface area contributed by atoms with Gasteiger partial charge >= 0.3 is 5.97 Å². The molecule has 4 aromatic rings. The van der Waals surface area contributed by atoms with Crippen LogP contribution < -0.4 is 14.9 Å². The van der Waals surface area contributed by atoms with Crippen molar-refractivity contribution in [3.8, 4) is 11.5 Å². The molecule has 4 rings (SSSR count). The normalized spacial score (nSPS) is 11.9. The number of thiophene rings is 1. The van der Waals surface area contributed by atoms with Crippen LogP contribution in [0.3, 0.4) is 0 Å². The highest BCUT2D eigenvalue weighted by Crippen LogP contribution is 2.26. The van der Waals surface area contributed by atoms with Gasteiger partial charge in [0.25, 0.3) is 5.91 Å². The molecule has 0 aliphatic heterocycles. The topological polar surface area (TPSA) is 77.0 Å². The van der Waals surface area contributed by atoms with Crippen LogP contribution in [0.5, 0.6) is 11.5 Å². The quantitative estimate of drug-likeness (QED) is 0.188. The first-order chi connectivity index (χ1) is 15.6. The molecule has 0 saturated heterocycles. The first-order valence-electron chi connectivity index (χ1n) is 9.93. The van der Waals surface area contributed by atoms with Crippen molar-refractivity contribution >= 4 is 40.2 Å². The van der Waals surface area contributed by atoms with E-state index in [1.165, 1.54) is 17.6 Å². The molecule has 0 radical (unpaired) electrons. The first-order valence-corrected chi connectivity index (χ1v) is 10.8. The molecular weight excluding hydrogens is 424 g/mol. The lowest BCUT2D eigenvalue weighted by Gasteiger charge is -2.14. The maximum Gasteiger partial charge on any atom is 0.353 e. The minimum Gasteiger partial charge on any atom is -0.480 e. The Kier molecular flexibility index (Phi) is 6.57. The average Bonchev–Trinajstić information content (AvgIpc) is 3.36. The molecule has 160 valence electrons. The van der Waals surface area contributed by atoms with Crippen molar-refractivity contribution in [2.45, 2.75) is 13.0 Å². The van der Waals surface area contributed by atoms with E-state index in [1.807, 2.05) is 47.8 Å². The van der Waals surface area contributed by atoms with Gasteiger partial charge in [-0.15, -0.1) is 11.3 Å². The van der Waals surface area contributed by atoms with Crippen LogP contribution in [0.1, 0.15) is 22.2 Å². The van der Waals surface area contributed by atoms with Crippen LogP contribution in [0.15, 0.2) is 89.3 Å². The summed E-state index contributed by atoms with van der Waals surface area (Å²) < 4.78 is 11.2. The summed E-state index contributed by atoms with van der Waals surface area (Å²) in [6.45, 7) is 1.67. The van der Waals surface area contributed by atoms with Gasteiger partial charge in [0.2, 0.25) is 0 Å². The molecule has 32 heavy (non-hydrogen) atoms. The number of carbonyl (C=O) groups is 2. The number of ether oxygens (including phenoxy) is 2. The average molecular weight is 445 g/mol. The number of rotatable bonds is 7. The number of nitrogens with one attached hydrogen (secondary N) is 1. The molecule has 0 spiro atoms. The molecule has 7 heteroatoms. The van der Waals surface area contributed by atoms with Crippen LogP contribution in [-0.4, -0.2) is 24.2 Å². The first kappa shape index (κ1) is 21.3. The molecule has 0 unspecified atom stereocenters. The van der Waals surface area contributed by atoms with Gasteiger partial charge in [-0.05, 0) is 59.7 Å². The molecule has 1 heterocycles. The van der Waals surface area contributed by atoms with E-state index in [9.17, 15) is 9.59 Å². The van der Waals surface area contributed by atoms with Crippen molar-refractivity contribution in [2.75, 3.05) is 0 Å². The lowest BCUT2D eigenvalue weighted by molar-refractivity contribution is -0.127. The summed E-state index contributed by atoms with van der Waals surface area (Å²) in [7, 11) is 0. The maximum atomic E-state index is 12.4. The van der Waals surface area contributed by atoms with Gasteiger partial charge in [0, 0.05) is 5.39 Å². The third kappa shape index (κ3) is 5.19. The fraction of sp³-hybridized carbons (Fsp3) is 0.0800. The van der Waals surface area contributed by atoms with Crippen molar-refractivity contribution in [3.05, 3.63) is 94.7 Å². The van der Waals surface area contributed by atoms with Crippen LogP contribution in [0, 0.1) is 0 Å².